The number of hydrogen-bond donors (Lipinski definition) is 0. The molecule has 0 aromatic carbocycles. The zero-order valence-electron chi connectivity index (χ0n) is 35.8. The third kappa shape index (κ3) is 8.07. The molecule has 8 aliphatic carbocycles. The van der Waals surface area contributed by atoms with Crippen molar-refractivity contribution in [3.8, 4) is 6.07 Å². The third-order valence-electron chi connectivity index (χ3n) is 18.1. The summed E-state index contributed by atoms with van der Waals surface area (Å²) in [6.07, 6.45) is 24.5. The van der Waals surface area contributed by atoms with Crippen molar-refractivity contribution in [2.45, 2.75) is 151 Å². The van der Waals surface area contributed by atoms with Crippen LogP contribution in [0.4, 0.5) is 4.39 Å². The predicted molar refractivity (Wildman–Crippen MR) is 215 cm³/mol. The van der Waals surface area contributed by atoms with Gasteiger partial charge in [0.25, 0.3) is 0 Å². The Morgan fingerprint density at radius 1 is 0.741 bits per heavy atom. The van der Waals surface area contributed by atoms with E-state index in [0.717, 1.165) is 90.7 Å². The zero-order chi connectivity index (χ0) is 39.6. The van der Waals surface area contributed by atoms with Crippen molar-refractivity contribution < 1.29 is 66.7 Å². The van der Waals surface area contributed by atoms with Crippen molar-refractivity contribution in [3.63, 3.8) is 0 Å². The average Bonchev–Trinajstić information content (AvgIpc) is 3.70. The first-order valence-corrected chi connectivity index (χ1v) is 22.3. The van der Waals surface area contributed by atoms with E-state index in [0.29, 0.717) is 40.2 Å². The second-order valence-corrected chi connectivity index (χ2v) is 20.5. The van der Waals surface area contributed by atoms with Crippen LogP contribution in [0.3, 0.4) is 0 Å². The van der Waals surface area contributed by atoms with E-state index in [1.807, 2.05) is 12.2 Å². The van der Waals surface area contributed by atoms with Crippen molar-refractivity contribution in [3.05, 3.63) is 29.9 Å². The minimum absolute atomic E-state index is 0. The number of nitriles is 1. The van der Waals surface area contributed by atoms with E-state index < -0.39 is 7.15 Å². The van der Waals surface area contributed by atoms with Gasteiger partial charge in [0.1, 0.15) is 0 Å². The Bertz CT molecular complexity index is 1510. The van der Waals surface area contributed by atoms with Crippen molar-refractivity contribution in [1.82, 2.24) is 0 Å². The quantitative estimate of drug-likeness (QED) is 0.161. The molecule has 0 saturated heterocycles. The monoisotopic (exact) mass is 831 g/mol. The number of rotatable bonds is 4. The fourth-order valence-corrected chi connectivity index (χ4v) is 15.9. The molecule has 0 aromatic heterocycles. The van der Waals surface area contributed by atoms with Gasteiger partial charge < -0.3 is 11.8 Å². The number of carbonyl (C=O) groups excluding carboxylic acids is 2. The predicted octanol–water partition coefficient (Wildman–Crippen LogP) is 9.54. The molecule has 14 atom stereocenters. The zero-order valence-corrected chi connectivity index (χ0v) is 39.5. The first-order valence-electron chi connectivity index (χ1n) is 21.9. The van der Waals surface area contributed by atoms with Crippen LogP contribution in [0.5, 0.6) is 0 Å². The molecule has 7 heteroatoms. The molecule has 0 N–H and O–H groups in total. The van der Waals surface area contributed by atoms with Crippen LogP contribution < -0.4 is 51.4 Å². The Balaban J connectivity index is 0.000000216. The molecule has 0 aliphatic heterocycles. The molecule has 0 spiro atoms. The van der Waals surface area contributed by atoms with Crippen LogP contribution in [-0.2, 0) is 9.59 Å². The van der Waals surface area contributed by atoms with Gasteiger partial charge in [0.2, 0.25) is 0 Å². The Morgan fingerprint density at radius 3 is 1.54 bits per heavy atom. The number of halogens is 2. The molecule has 8 unspecified atom stereocenters. The maximum Gasteiger partial charge on any atom is 1.00 e. The van der Waals surface area contributed by atoms with E-state index in [4.69, 9.17) is 18.5 Å². The van der Waals surface area contributed by atoms with E-state index in [1.54, 1.807) is 0 Å². The van der Waals surface area contributed by atoms with Crippen molar-refractivity contribution in [1.29, 1.82) is 10.5 Å². The van der Waals surface area contributed by atoms with Crippen LogP contribution in [0.15, 0.2) is 23.3 Å². The SMILES string of the molecule is C[C@H](CBr)C1CCC2C3CCC4=CC(=O)CC[C@]4(C)C3CC[C@@]21C.C[C@H](CC#N)C1CCC2C3CCC4=CC(=O)CC[C@]4(C)C3CC[C@@]21C.[2H]CF.[C-]#N.[K+]. The standard InChI is InChI=1S/C23H33NO.C22H33BrO.CH3F.CN.K/c1-15(10-13-24)19-6-7-20-18-5-4-16-14-17(25)8-11-22(16,2)21(18)9-12-23(19,20)3;1-14(13-23)18-6-7-19-17-5-4-15-12-16(24)8-10-21(15,2)20(17)9-11-22(18,19)3;2*1-2;/h14-15,18-21H,4-12H2,1-3H3;12,14,17-20H,4-11,13H2,1-3H3;1H3;;/q;;;-1;+1/t15-,18?,19?,20?,21?,22+,23-;14-,17?,18?,19?,20?,21+,22-;;;/m11.../s1/i;;1D;;. The summed E-state index contributed by atoms with van der Waals surface area (Å²) < 4.78 is 15.5. The third-order valence-corrected chi connectivity index (χ3v) is 19.1. The van der Waals surface area contributed by atoms with Crippen molar-refractivity contribution >= 4 is 27.5 Å². The molecule has 0 bridgehead atoms. The Kier molecular flexibility index (Phi) is 15.7. The molecule has 8 aliphatic rings. The number of hydrogen-bond acceptors (Lipinski definition) is 4. The molecule has 4 nitrogen and oxygen atoms in total. The molecule has 6 saturated carbocycles. The summed E-state index contributed by atoms with van der Waals surface area (Å²) in [5, 5.41) is 16.6. The second-order valence-electron chi connectivity index (χ2n) is 19.9. The molecule has 294 valence electrons. The number of allylic oxidation sites excluding steroid dienone is 2. The number of fused-ring (bicyclic) bond motifs is 10. The maximum atomic E-state index is 11.9. The van der Waals surface area contributed by atoms with Crippen LogP contribution in [0.1, 0.15) is 152 Å². The van der Waals surface area contributed by atoms with Crippen LogP contribution >= 0.6 is 15.9 Å². The molecular formula is C47H69BrFKN2O2. The number of carbonyl (C=O) groups is 2. The number of nitrogens with zero attached hydrogens (tertiary/aromatic N) is 2. The van der Waals surface area contributed by atoms with E-state index in [9.17, 15) is 14.0 Å². The Hall–Kier alpha value is -0.154. The van der Waals surface area contributed by atoms with Gasteiger partial charge in [-0.15, -0.1) is 0 Å². The second kappa shape index (κ2) is 18.8. The van der Waals surface area contributed by atoms with E-state index in [2.05, 4.69) is 63.5 Å². The van der Waals surface area contributed by atoms with Crippen molar-refractivity contribution in [2.75, 3.05) is 12.5 Å². The van der Waals surface area contributed by atoms with E-state index in [1.165, 1.54) is 81.8 Å². The summed E-state index contributed by atoms with van der Waals surface area (Å²) in [5.74, 6) is 8.86. The number of ketones is 2. The molecule has 6 fully saturated rings. The van der Waals surface area contributed by atoms with Crippen molar-refractivity contribution in [2.24, 2.45) is 80.8 Å². The molecule has 0 heterocycles. The summed E-state index contributed by atoms with van der Waals surface area (Å²) in [7, 11) is -1.00. The average molecular weight is 833 g/mol. The Labute approximate surface area is 381 Å². The van der Waals surface area contributed by atoms with Gasteiger partial charge in [0, 0.05) is 24.6 Å². The molecule has 0 amide bonds. The molecule has 54 heavy (non-hydrogen) atoms. The summed E-state index contributed by atoms with van der Waals surface area (Å²) in [6, 6.07) is 2.42. The summed E-state index contributed by atoms with van der Waals surface area (Å²) in [4.78, 5) is 23.9. The summed E-state index contributed by atoms with van der Waals surface area (Å²) >= 11 is 3.75. The normalized spacial score (nSPS) is 44.0. The van der Waals surface area contributed by atoms with E-state index in [-0.39, 0.29) is 56.8 Å². The van der Waals surface area contributed by atoms with E-state index >= 15 is 0 Å². The fourth-order valence-electron chi connectivity index (χ4n) is 15.5. The van der Waals surface area contributed by atoms with Gasteiger partial charge in [0.05, 0.1) is 14.6 Å². The summed E-state index contributed by atoms with van der Waals surface area (Å²) in [6.45, 7) is 19.7. The smallest absolute Gasteiger partial charge is 0.512 e. The largest absolute Gasteiger partial charge is 1.00 e. The summed E-state index contributed by atoms with van der Waals surface area (Å²) in [5.41, 5.74) is 4.61. The molecular weight excluding hydrogens is 763 g/mol. The molecule has 8 rings (SSSR count). The van der Waals surface area contributed by atoms with Crippen LogP contribution in [0.2, 0.25) is 0 Å². The fraction of sp³-hybridized carbons (Fsp3) is 0.830. The first-order chi connectivity index (χ1) is 25.7. The van der Waals surface area contributed by atoms with Crippen LogP contribution in [0.25, 0.3) is 0 Å². The molecule has 0 radical (unpaired) electrons. The number of alkyl halides is 2. The van der Waals surface area contributed by atoms with Crippen LogP contribution in [-0.4, -0.2) is 24.1 Å². The minimum atomic E-state index is -1.00. The van der Waals surface area contributed by atoms with Gasteiger partial charge in [0.15, 0.2) is 11.6 Å². The van der Waals surface area contributed by atoms with Gasteiger partial charge in [-0.2, -0.15) is 5.26 Å². The Morgan fingerprint density at radius 2 is 1.15 bits per heavy atom. The topological polar surface area (TPSA) is 81.7 Å². The first kappa shape index (κ1) is 44.9. The maximum absolute atomic E-state index is 11.9. The van der Waals surface area contributed by atoms with Gasteiger partial charge >= 0.3 is 51.4 Å². The van der Waals surface area contributed by atoms with Gasteiger partial charge in [-0.25, -0.2) is 0 Å². The van der Waals surface area contributed by atoms with Gasteiger partial charge in [-0.1, -0.05) is 68.6 Å². The minimum Gasteiger partial charge on any atom is -0.512 e. The molecule has 0 aromatic rings. The van der Waals surface area contributed by atoms with Crippen LogP contribution in [0, 0.1) is 104 Å². The van der Waals surface area contributed by atoms with Gasteiger partial charge in [-0.3, -0.25) is 14.0 Å². The van der Waals surface area contributed by atoms with Gasteiger partial charge in [-0.05, 0) is 183 Å².